The largest absolute Gasteiger partial charge is 0.344 e. The number of rotatable bonds is 5. The second-order valence-electron chi connectivity index (χ2n) is 5.13. The van der Waals surface area contributed by atoms with Crippen LogP contribution in [-0.4, -0.2) is 48.9 Å². The van der Waals surface area contributed by atoms with Crippen LogP contribution in [0.4, 0.5) is 4.39 Å². The van der Waals surface area contributed by atoms with Gasteiger partial charge in [-0.2, -0.15) is 0 Å². The van der Waals surface area contributed by atoms with Gasteiger partial charge in [-0.15, -0.1) is 0 Å². The Morgan fingerprint density at radius 1 is 1.32 bits per heavy atom. The van der Waals surface area contributed by atoms with Gasteiger partial charge in [0.2, 0.25) is 5.91 Å². The zero-order valence-electron chi connectivity index (χ0n) is 11.4. The summed E-state index contributed by atoms with van der Waals surface area (Å²) in [7, 11) is 1.79. The Kier molecular flexibility index (Phi) is 4.91. The first-order valence-corrected chi connectivity index (χ1v) is 6.86. The van der Waals surface area contributed by atoms with Crippen LogP contribution < -0.4 is 0 Å². The monoisotopic (exact) mass is 264 g/mol. The number of nitrogens with zero attached hydrogens (tertiary/aromatic N) is 2. The Labute approximate surface area is 114 Å². The minimum Gasteiger partial charge on any atom is -0.344 e. The van der Waals surface area contributed by atoms with Crippen molar-refractivity contribution >= 4 is 5.91 Å². The molecule has 0 aliphatic carbocycles. The van der Waals surface area contributed by atoms with Crippen LogP contribution in [0, 0.1) is 5.82 Å². The summed E-state index contributed by atoms with van der Waals surface area (Å²) >= 11 is 0. The Hall–Kier alpha value is -1.42. The predicted molar refractivity (Wildman–Crippen MR) is 73.4 cm³/mol. The molecule has 104 valence electrons. The van der Waals surface area contributed by atoms with E-state index in [2.05, 4.69) is 4.90 Å². The number of benzene rings is 1. The van der Waals surface area contributed by atoms with E-state index in [1.165, 1.54) is 18.9 Å². The molecular formula is C15H21FN2O. The second-order valence-corrected chi connectivity index (χ2v) is 5.13. The summed E-state index contributed by atoms with van der Waals surface area (Å²) in [4.78, 5) is 16.1. The smallest absolute Gasteiger partial charge is 0.226 e. The molecule has 1 aliphatic rings. The summed E-state index contributed by atoms with van der Waals surface area (Å²) in [5, 5.41) is 0. The highest BCUT2D eigenvalue weighted by molar-refractivity contribution is 5.78. The number of amides is 1. The Morgan fingerprint density at radius 2 is 2.00 bits per heavy atom. The maximum Gasteiger partial charge on any atom is 0.226 e. The van der Waals surface area contributed by atoms with E-state index >= 15 is 0 Å². The molecule has 4 heteroatoms. The van der Waals surface area contributed by atoms with Crippen LogP contribution in [0.1, 0.15) is 18.4 Å². The number of halogens is 1. The van der Waals surface area contributed by atoms with Crippen molar-refractivity contribution < 1.29 is 9.18 Å². The maximum atomic E-state index is 13.5. The molecule has 0 unspecified atom stereocenters. The Morgan fingerprint density at radius 3 is 2.68 bits per heavy atom. The van der Waals surface area contributed by atoms with Gasteiger partial charge in [-0.25, -0.2) is 4.39 Å². The highest BCUT2D eigenvalue weighted by atomic mass is 19.1. The first kappa shape index (κ1) is 14.0. The maximum absolute atomic E-state index is 13.5. The highest BCUT2D eigenvalue weighted by Crippen LogP contribution is 2.09. The number of carbonyl (C=O) groups is 1. The van der Waals surface area contributed by atoms with Crippen LogP contribution in [0.5, 0.6) is 0 Å². The standard InChI is InChI=1S/C15H21FN2O/c1-17(10-11-18-8-4-5-9-18)15(19)12-13-6-2-3-7-14(13)16/h2-3,6-7H,4-5,8-12H2,1H3. The fourth-order valence-electron chi connectivity index (χ4n) is 2.36. The lowest BCUT2D eigenvalue weighted by atomic mass is 10.1. The minimum atomic E-state index is -0.302. The molecule has 19 heavy (non-hydrogen) atoms. The molecule has 1 aromatic carbocycles. The topological polar surface area (TPSA) is 23.6 Å². The van der Waals surface area contributed by atoms with E-state index in [0.717, 1.165) is 19.6 Å². The van der Waals surface area contributed by atoms with E-state index < -0.39 is 0 Å². The molecular weight excluding hydrogens is 243 g/mol. The molecule has 0 bridgehead atoms. The molecule has 0 radical (unpaired) electrons. The van der Waals surface area contributed by atoms with Crippen LogP contribution in [0.2, 0.25) is 0 Å². The lowest BCUT2D eigenvalue weighted by Gasteiger charge is -2.21. The molecule has 1 heterocycles. The Bertz CT molecular complexity index is 430. The Balaban J connectivity index is 1.80. The van der Waals surface area contributed by atoms with Crippen molar-refractivity contribution in [1.29, 1.82) is 0 Å². The number of likely N-dealkylation sites (N-methyl/N-ethyl adjacent to an activating group) is 1. The lowest BCUT2D eigenvalue weighted by molar-refractivity contribution is -0.129. The van der Waals surface area contributed by atoms with E-state index in [0.29, 0.717) is 12.1 Å². The molecule has 0 atom stereocenters. The molecule has 0 saturated carbocycles. The highest BCUT2D eigenvalue weighted by Gasteiger charge is 2.15. The molecule has 0 spiro atoms. The van der Waals surface area contributed by atoms with Crippen LogP contribution in [0.25, 0.3) is 0 Å². The van der Waals surface area contributed by atoms with Crippen LogP contribution >= 0.6 is 0 Å². The molecule has 0 aromatic heterocycles. The van der Waals surface area contributed by atoms with Crippen LogP contribution in [0.3, 0.4) is 0 Å². The van der Waals surface area contributed by atoms with E-state index in [1.54, 1.807) is 30.1 Å². The number of hydrogen-bond acceptors (Lipinski definition) is 2. The fraction of sp³-hybridized carbons (Fsp3) is 0.533. The summed E-state index contributed by atoms with van der Waals surface area (Å²) in [5.41, 5.74) is 0.473. The van der Waals surface area contributed by atoms with E-state index in [1.807, 2.05) is 0 Å². The van der Waals surface area contributed by atoms with Gasteiger partial charge < -0.3 is 9.80 Å². The third kappa shape index (κ3) is 4.03. The average molecular weight is 264 g/mol. The van der Waals surface area contributed by atoms with Crippen molar-refractivity contribution in [2.24, 2.45) is 0 Å². The first-order valence-electron chi connectivity index (χ1n) is 6.86. The summed E-state index contributed by atoms with van der Waals surface area (Å²) in [6.45, 7) is 3.90. The van der Waals surface area contributed by atoms with E-state index in [-0.39, 0.29) is 18.1 Å². The molecule has 1 aromatic rings. The zero-order chi connectivity index (χ0) is 13.7. The molecule has 1 amide bonds. The van der Waals surface area contributed by atoms with Crippen LogP contribution in [-0.2, 0) is 11.2 Å². The molecule has 1 fully saturated rings. The van der Waals surface area contributed by atoms with Crippen molar-refractivity contribution in [3.8, 4) is 0 Å². The van der Waals surface area contributed by atoms with Crippen LogP contribution in [0.15, 0.2) is 24.3 Å². The van der Waals surface area contributed by atoms with Gasteiger partial charge in [0.05, 0.1) is 6.42 Å². The van der Waals surface area contributed by atoms with E-state index in [9.17, 15) is 9.18 Å². The van der Waals surface area contributed by atoms with Gasteiger partial charge in [0, 0.05) is 20.1 Å². The van der Waals surface area contributed by atoms with Crippen molar-refractivity contribution in [1.82, 2.24) is 9.80 Å². The van der Waals surface area contributed by atoms with Gasteiger partial charge >= 0.3 is 0 Å². The summed E-state index contributed by atoms with van der Waals surface area (Å²) < 4.78 is 13.5. The van der Waals surface area contributed by atoms with Gasteiger partial charge in [-0.05, 0) is 37.6 Å². The third-order valence-corrected chi connectivity index (χ3v) is 3.68. The van der Waals surface area contributed by atoms with Crippen molar-refractivity contribution in [3.63, 3.8) is 0 Å². The molecule has 3 nitrogen and oxygen atoms in total. The molecule has 2 rings (SSSR count). The second kappa shape index (κ2) is 6.66. The number of likely N-dealkylation sites (tertiary alicyclic amines) is 1. The van der Waals surface area contributed by atoms with Gasteiger partial charge in [0.1, 0.15) is 5.82 Å². The SMILES string of the molecule is CN(CCN1CCCC1)C(=O)Cc1ccccc1F. The lowest BCUT2D eigenvalue weighted by Crippen LogP contribution is -2.36. The normalized spacial score (nSPS) is 15.7. The summed E-state index contributed by atoms with van der Waals surface area (Å²) in [5.74, 6) is -0.326. The number of hydrogen-bond donors (Lipinski definition) is 0. The van der Waals surface area contributed by atoms with Gasteiger partial charge in [0.25, 0.3) is 0 Å². The van der Waals surface area contributed by atoms with Gasteiger partial charge in [-0.1, -0.05) is 18.2 Å². The minimum absolute atomic E-state index is 0.0238. The fourth-order valence-corrected chi connectivity index (χ4v) is 2.36. The molecule has 0 N–H and O–H groups in total. The van der Waals surface area contributed by atoms with Crippen molar-refractivity contribution in [2.75, 3.05) is 33.2 Å². The average Bonchev–Trinajstić information content (AvgIpc) is 2.91. The molecule has 1 saturated heterocycles. The van der Waals surface area contributed by atoms with E-state index in [4.69, 9.17) is 0 Å². The van der Waals surface area contributed by atoms with Gasteiger partial charge in [0.15, 0.2) is 0 Å². The van der Waals surface area contributed by atoms with Crippen molar-refractivity contribution in [3.05, 3.63) is 35.6 Å². The predicted octanol–water partition coefficient (Wildman–Crippen LogP) is 1.92. The molecule has 1 aliphatic heterocycles. The number of carbonyl (C=O) groups excluding carboxylic acids is 1. The summed E-state index contributed by atoms with van der Waals surface area (Å²) in [6, 6.07) is 6.46. The quantitative estimate of drug-likeness (QED) is 0.811. The summed E-state index contributed by atoms with van der Waals surface area (Å²) in [6.07, 6.45) is 2.66. The van der Waals surface area contributed by atoms with Crippen molar-refractivity contribution in [2.45, 2.75) is 19.3 Å². The zero-order valence-corrected chi connectivity index (χ0v) is 11.4. The van der Waals surface area contributed by atoms with Gasteiger partial charge in [-0.3, -0.25) is 4.79 Å². The first-order chi connectivity index (χ1) is 9.16. The third-order valence-electron chi connectivity index (χ3n) is 3.68.